The van der Waals surface area contributed by atoms with Gasteiger partial charge in [0.1, 0.15) is 0 Å². The Balaban J connectivity index is 1.39. The van der Waals surface area contributed by atoms with Gasteiger partial charge in [-0.05, 0) is 73.7 Å². The molecule has 4 atom stereocenters. The van der Waals surface area contributed by atoms with Gasteiger partial charge in [-0.2, -0.15) is 0 Å². The minimum Gasteiger partial charge on any atom is -0.360 e. The van der Waals surface area contributed by atoms with E-state index in [1.807, 2.05) is 0 Å². The molecular formula is C18H24N2S. The maximum Gasteiger partial charge on any atom is 0.167 e. The molecule has 2 nitrogen and oxygen atoms in total. The molecule has 0 radical (unpaired) electrons. The van der Waals surface area contributed by atoms with Crippen molar-refractivity contribution in [2.45, 2.75) is 57.0 Å². The van der Waals surface area contributed by atoms with Gasteiger partial charge in [-0.25, -0.2) is 0 Å². The number of hydrogen-bond donors (Lipinski definition) is 2. The largest absolute Gasteiger partial charge is 0.360 e. The second-order valence-electron chi connectivity index (χ2n) is 7.04. The lowest BCUT2D eigenvalue weighted by Crippen LogP contribution is -2.45. The van der Waals surface area contributed by atoms with Crippen LogP contribution in [0.3, 0.4) is 0 Å². The van der Waals surface area contributed by atoms with Crippen molar-refractivity contribution in [2.24, 2.45) is 11.8 Å². The molecule has 3 aliphatic carbocycles. The zero-order valence-electron chi connectivity index (χ0n) is 12.5. The fourth-order valence-corrected chi connectivity index (χ4v) is 4.99. The van der Waals surface area contributed by atoms with E-state index in [9.17, 15) is 0 Å². The maximum atomic E-state index is 5.59. The third-order valence-corrected chi connectivity index (χ3v) is 5.97. The molecule has 0 saturated heterocycles. The highest BCUT2D eigenvalue weighted by molar-refractivity contribution is 7.80. The smallest absolute Gasteiger partial charge is 0.167 e. The van der Waals surface area contributed by atoms with Crippen molar-refractivity contribution in [3.8, 4) is 0 Å². The summed E-state index contributed by atoms with van der Waals surface area (Å²) in [6, 6.07) is 9.83. The molecule has 0 aliphatic heterocycles. The van der Waals surface area contributed by atoms with E-state index in [2.05, 4.69) is 34.9 Å². The first kappa shape index (κ1) is 13.6. The van der Waals surface area contributed by atoms with Gasteiger partial charge in [0, 0.05) is 6.04 Å². The van der Waals surface area contributed by atoms with Gasteiger partial charge in [0.25, 0.3) is 0 Å². The van der Waals surface area contributed by atoms with Gasteiger partial charge in [0.15, 0.2) is 5.11 Å². The summed E-state index contributed by atoms with van der Waals surface area (Å²) in [7, 11) is 0. The first-order valence-electron chi connectivity index (χ1n) is 8.44. The number of fused-ring (bicyclic) bond motifs is 3. The van der Waals surface area contributed by atoms with E-state index in [0.29, 0.717) is 12.1 Å². The summed E-state index contributed by atoms with van der Waals surface area (Å²) < 4.78 is 0. The number of rotatable bonds is 2. The summed E-state index contributed by atoms with van der Waals surface area (Å²) in [4.78, 5) is 0. The minimum absolute atomic E-state index is 0.397. The van der Waals surface area contributed by atoms with E-state index < -0.39 is 0 Å². The molecule has 21 heavy (non-hydrogen) atoms. The lowest BCUT2D eigenvalue weighted by atomic mass is 9.88. The van der Waals surface area contributed by atoms with Crippen LogP contribution in [0.2, 0.25) is 0 Å². The van der Waals surface area contributed by atoms with Crippen LogP contribution in [0.15, 0.2) is 24.3 Å². The van der Waals surface area contributed by atoms with Crippen molar-refractivity contribution in [1.82, 2.24) is 10.6 Å². The normalized spacial score (nSPS) is 33.5. The molecule has 0 amide bonds. The molecular weight excluding hydrogens is 276 g/mol. The second-order valence-corrected chi connectivity index (χ2v) is 7.45. The zero-order valence-corrected chi connectivity index (χ0v) is 13.3. The zero-order chi connectivity index (χ0) is 14.2. The van der Waals surface area contributed by atoms with Gasteiger partial charge in [-0.3, -0.25) is 0 Å². The van der Waals surface area contributed by atoms with Gasteiger partial charge >= 0.3 is 0 Å². The van der Waals surface area contributed by atoms with Gasteiger partial charge < -0.3 is 10.6 Å². The number of aryl methyl sites for hydroxylation is 1. The van der Waals surface area contributed by atoms with Crippen LogP contribution >= 0.6 is 12.2 Å². The SMILES string of the molecule is S=C(N[C@@H]1CCCc2ccccc21)N[C@@H]1C[C@H]2CC[C@H]1C2. The van der Waals surface area contributed by atoms with Crippen molar-refractivity contribution >= 4 is 17.3 Å². The summed E-state index contributed by atoms with van der Waals surface area (Å²) >= 11 is 5.59. The van der Waals surface area contributed by atoms with Crippen molar-refractivity contribution in [2.75, 3.05) is 0 Å². The first-order chi connectivity index (χ1) is 10.3. The number of benzene rings is 1. The molecule has 0 heterocycles. The third kappa shape index (κ3) is 2.68. The quantitative estimate of drug-likeness (QED) is 0.814. The lowest BCUT2D eigenvalue weighted by Gasteiger charge is -2.30. The van der Waals surface area contributed by atoms with Crippen LogP contribution in [-0.2, 0) is 6.42 Å². The van der Waals surface area contributed by atoms with Crippen LogP contribution in [-0.4, -0.2) is 11.2 Å². The highest BCUT2D eigenvalue weighted by atomic mass is 32.1. The summed E-state index contributed by atoms with van der Waals surface area (Å²) in [5, 5.41) is 8.06. The molecule has 2 N–H and O–H groups in total. The molecule has 4 rings (SSSR count). The molecule has 2 bridgehead atoms. The summed E-state index contributed by atoms with van der Waals surface area (Å²) in [5.74, 6) is 1.83. The fourth-order valence-electron chi connectivity index (χ4n) is 4.69. The van der Waals surface area contributed by atoms with Gasteiger partial charge in [-0.15, -0.1) is 0 Å². The molecule has 1 aromatic rings. The Kier molecular flexibility index (Phi) is 3.62. The van der Waals surface area contributed by atoms with Crippen LogP contribution in [0.4, 0.5) is 0 Å². The lowest BCUT2D eigenvalue weighted by molar-refractivity contribution is 0.386. The maximum absolute atomic E-state index is 5.59. The number of hydrogen-bond acceptors (Lipinski definition) is 1. The monoisotopic (exact) mass is 300 g/mol. The Bertz CT molecular complexity index is 542. The molecule has 1 aromatic carbocycles. The Hall–Kier alpha value is -1.09. The van der Waals surface area contributed by atoms with Gasteiger partial charge in [0.2, 0.25) is 0 Å². The Morgan fingerprint density at radius 3 is 2.76 bits per heavy atom. The molecule has 0 aromatic heterocycles. The summed E-state index contributed by atoms with van der Waals surface area (Å²) in [6.45, 7) is 0. The Morgan fingerprint density at radius 2 is 1.95 bits per heavy atom. The summed E-state index contributed by atoms with van der Waals surface area (Å²) in [5.41, 5.74) is 2.94. The molecule has 0 spiro atoms. The van der Waals surface area contributed by atoms with E-state index in [-0.39, 0.29) is 0 Å². The van der Waals surface area contributed by atoms with E-state index in [4.69, 9.17) is 12.2 Å². The van der Waals surface area contributed by atoms with Crippen LogP contribution in [0.5, 0.6) is 0 Å². The molecule has 2 saturated carbocycles. The van der Waals surface area contributed by atoms with Crippen LogP contribution in [0.25, 0.3) is 0 Å². The average molecular weight is 300 g/mol. The van der Waals surface area contributed by atoms with E-state index >= 15 is 0 Å². The predicted octanol–water partition coefficient (Wildman–Crippen LogP) is 3.72. The molecule has 112 valence electrons. The van der Waals surface area contributed by atoms with Crippen molar-refractivity contribution < 1.29 is 0 Å². The van der Waals surface area contributed by atoms with Gasteiger partial charge in [0.05, 0.1) is 6.04 Å². The number of nitrogens with one attached hydrogen (secondary N) is 2. The molecule has 2 fully saturated rings. The average Bonchev–Trinajstić information content (AvgIpc) is 3.10. The van der Waals surface area contributed by atoms with Crippen LogP contribution in [0.1, 0.15) is 55.7 Å². The number of thiocarbonyl (C=S) groups is 1. The standard InChI is InChI=1S/C18H24N2S/c21-18(20-17-11-12-8-9-14(17)10-12)19-16-7-3-5-13-4-1-2-6-15(13)16/h1-2,4,6,12,14,16-17H,3,5,7-11H2,(H2,19,20,21)/t12-,14-,16+,17+/m0/s1. The molecule has 0 unspecified atom stereocenters. The molecule has 3 aliphatic rings. The topological polar surface area (TPSA) is 24.1 Å². The predicted molar refractivity (Wildman–Crippen MR) is 90.2 cm³/mol. The van der Waals surface area contributed by atoms with Crippen LogP contribution < -0.4 is 10.6 Å². The highest BCUT2D eigenvalue weighted by Crippen LogP contribution is 2.44. The van der Waals surface area contributed by atoms with Crippen molar-refractivity contribution in [3.63, 3.8) is 0 Å². The first-order valence-corrected chi connectivity index (χ1v) is 8.85. The highest BCUT2D eigenvalue weighted by Gasteiger charge is 2.39. The fraction of sp³-hybridized carbons (Fsp3) is 0.611. The second kappa shape index (κ2) is 5.60. The Labute approximate surface area is 132 Å². The third-order valence-electron chi connectivity index (χ3n) is 5.73. The summed E-state index contributed by atoms with van der Waals surface area (Å²) in [6.07, 6.45) is 9.25. The van der Waals surface area contributed by atoms with E-state index in [0.717, 1.165) is 16.9 Å². The van der Waals surface area contributed by atoms with Crippen molar-refractivity contribution in [3.05, 3.63) is 35.4 Å². The van der Waals surface area contributed by atoms with Crippen LogP contribution in [0, 0.1) is 11.8 Å². The molecule has 3 heteroatoms. The van der Waals surface area contributed by atoms with Crippen molar-refractivity contribution in [1.29, 1.82) is 0 Å². The Morgan fingerprint density at radius 1 is 1.05 bits per heavy atom. The van der Waals surface area contributed by atoms with Gasteiger partial charge in [-0.1, -0.05) is 30.7 Å². The minimum atomic E-state index is 0.397. The van der Waals surface area contributed by atoms with E-state index in [1.165, 1.54) is 56.1 Å². The van der Waals surface area contributed by atoms with E-state index in [1.54, 1.807) is 0 Å².